The molecule has 0 radical (unpaired) electrons. The van der Waals surface area contributed by atoms with Crippen LogP contribution in [0, 0.1) is 6.92 Å². The molecule has 18 heavy (non-hydrogen) atoms. The average molecular weight is 244 g/mol. The van der Waals surface area contributed by atoms with Gasteiger partial charge in [0.2, 0.25) is 0 Å². The minimum Gasteiger partial charge on any atom is -0.340 e. The molecule has 0 saturated carbocycles. The fraction of sp³-hybridized carbons (Fsp3) is 0.400. The minimum absolute atomic E-state index is 0.109. The van der Waals surface area contributed by atoms with Crippen molar-refractivity contribution >= 4 is 16.8 Å². The smallest absolute Gasteiger partial charge is 0.270 e. The van der Waals surface area contributed by atoms with Gasteiger partial charge < -0.3 is 9.47 Å². The molecule has 0 saturated heterocycles. The van der Waals surface area contributed by atoms with Gasteiger partial charge in [-0.15, -0.1) is 0 Å². The summed E-state index contributed by atoms with van der Waals surface area (Å²) in [7, 11) is 1.96. The van der Waals surface area contributed by atoms with E-state index in [9.17, 15) is 4.79 Å². The lowest BCUT2D eigenvalue weighted by atomic mass is 10.1. The Morgan fingerprint density at radius 3 is 2.50 bits per heavy atom. The van der Waals surface area contributed by atoms with Gasteiger partial charge in [0.15, 0.2) is 0 Å². The van der Waals surface area contributed by atoms with Gasteiger partial charge in [0.05, 0.1) is 0 Å². The van der Waals surface area contributed by atoms with Gasteiger partial charge >= 0.3 is 0 Å². The summed E-state index contributed by atoms with van der Waals surface area (Å²) in [6.07, 6.45) is 0. The lowest BCUT2D eigenvalue weighted by Gasteiger charge is -2.18. The Hall–Kier alpha value is -1.77. The van der Waals surface area contributed by atoms with Crippen molar-refractivity contribution in [3.63, 3.8) is 0 Å². The maximum Gasteiger partial charge on any atom is 0.270 e. The molecule has 0 aliphatic rings. The number of benzene rings is 1. The first kappa shape index (κ1) is 12.7. The molecule has 0 aliphatic heterocycles. The summed E-state index contributed by atoms with van der Waals surface area (Å²) in [4.78, 5) is 14.3. The van der Waals surface area contributed by atoms with Crippen LogP contribution >= 0.6 is 0 Å². The van der Waals surface area contributed by atoms with Crippen molar-refractivity contribution in [1.29, 1.82) is 0 Å². The van der Waals surface area contributed by atoms with E-state index in [2.05, 4.69) is 19.1 Å². The molecule has 0 atom stereocenters. The number of carbonyl (C=O) groups excluding carboxylic acids is 1. The number of hydrogen-bond acceptors (Lipinski definition) is 1. The second-order valence-electron chi connectivity index (χ2n) is 4.57. The van der Waals surface area contributed by atoms with Crippen LogP contribution in [0.1, 0.15) is 29.9 Å². The number of carbonyl (C=O) groups is 1. The molecule has 0 spiro atoms. The fourth-order valence-corrected chi connectivity index (χ4v) is 2.39. The molecule has 1 heterocycles. The third-order valence-corrected chi connectivity index (χ3v) is 3.57. The van der Waals surface area contributed by atoms with Gasteiger partial charge in [-0.2, -0.15) is 0 Å². The molecule has 0 N–H and O–H groups in total. The summed E-state index contributed by atoms with van der Waals surface area (Å²) in [6.45, 7) is 7.59. The van der Waals surface area contributed by atoms with Gasteiger partial charge in [-0.1, -0.05) is 12.1 Å². The lowest BCUT2D eigenvalue weighted by molar-refractivity contribution is 0.0764. The maximum absolute atomic E-state index is 12.4. The first-order valence-electron chi connectivity index (χ1n) is 6.44. The van der Waals surface area contributed by atoms with Crippen LogP contribution in [0.3, 0.4) is 0 Å². The Bertz CT molecular complexity index is 579. The molecule has 0 unspecified atom stereocenters. The highest BCUT2D eigenvalue weighted by Gasteiger charge is 2.18. The Balaban J connectivity index is 2.55. The van der Waals surface area contributed by atoms with Crippen LogP contribution in [0.2, 0.25) is 0 Å². The van der Waals surface area contributed by atoms with E-state index in [4.69, 9.17) is 0 Å². The lowest BCUT2D eigenvalue weighted by Crippen LogP contribution is -2.31. The maximum atomic E-state index is 12.4. The average Bonchev–Trinajstić information content (AvgIpc) is 2.70. The molecule has 96 valence electrons. The van der Waals surface area contributed by atoms with E-state index in [0.717, 1.165) is 29.7 Å². The minimum atomic E-state index is 0.109. The van der Waals surface area contributed by atoms with Crippen LogP contribution in [0.4, 0.5) is 0 Å². The zero-order valence-corrected chi connectivity index (χ0v) is 11.5. The predicted octanol–water partition coefficient (Wildman–Crippen LogP) is 2.97. The monoisotopic (exact) mass is 244 g/mol. The van der Waals surface area contributed by atoms with Crippen LogP contribution in [0.25, 0.3) is 10.9 Å². The zero-order chi connectivity index (χ0) is 13.3. The highest BCUT2D eigenvalue weighted by Crippen LogP contribution is 2.22. The molecular weight excluding hydrogens is 224 g/mol. The second kappa shape index (κ2) is 4.84. The quantitative estimate of drug-likeness (QED) is 0.815. The van der Waals surface area contributed by atoms with Crippen LogP contribution < -0.4 is 0 Å². The molecule has 2 aromatic rings. The standard InChI is InChI=1S/C15H20N2O/c1-5-17(6-2)15(18)14-10-12-11(3)8-7-9-13(12)16(14)4/h7-10H,5-6H2,1-4H3. The second-order valence-corrected chi connectivity index (χ2v) is 4.57. The van der Waals surface area contributed by atoms with Crippen molar-refractivity contribution in [2.75, 3.05) is 13.1 Å². The molecule has 1 aromatic carbocycles. The van der Waals surface area contributed by atoms with Crippen LogP contribution in [0.15, 0.2) is 24.3 Å². The number of amides is 1. The highest BCUT2D eigenvalue weighted by atomic mass is 16.2. The first-order valence-corrected chi connectivity index (χ1v) is 6.44. The van der Waals surface area contributed by atoms with Gasteiger partial charge in [0.1, 0.15) is 5.69 Å². The van der Waals surface area contributed by atoms with Crippen LogP contribution in [0.5, 0.6) is 0 Å². The molecule has 1 aromatic heterocycles. The largest absolute Gasteiger partial charge is 0.340 e. The zero-order valence-electron chi connectivity index (χ0n) is 11.5. The molecule has 1 amide bonds. The van der Waals surface area contributed by atoms with E-state index < -0.39 is 0 Å². The van der Waals surface area contributed by atoms with Crippen molar-refractivity contribution < 1.29 is 4.79 Å². The highest BCUT2D eigenvalue weighted by molar-refractivity contribution is 5.99. The van der Waals surface area contributed by atoms with Crippen molar-refractivity contribution in [3.8, 4) is 0 Å². The van der Waals surface area contributed by atoms with E-state index in [0.29, 0.717) is 0 Å². The first-order chi connectivity index (χ1) is 8.60. The van der Waals surface area contributed by atoms with Gasteiger partial charge in [0.25, 0.3) is 5.91 Å². The summed E-state index contributed by atoms with van der Waals surface area (Å²) in [5, 5.41) is 1.16. The predicted molar refractivity (Wildman–Crippen MR) is 74.9 cm³/mol. The molecule has 3 nitrogen and oxygen atoms in total. The van der Waals surface area contributed by atoms with Crippen molar-refractivity contribution in [1.82, 2.24) is 9.47 Å². The van der Waals surface area contributed by atoms with Gasteiger partial charge in [0, 0.05) is 31.0 Å². The number of aromatic nitrogens is 1. The normalized spacial score (nSPS) is 10.9. The van der Waals surface area contributed by atoms with Gasteiger partial charge in [-0.05, 0) is 38.5 Å². The van der Waals surface area contributed by atoms with E-state index in [1.165, 1.54) is 5.56 Å². The van der Waals surface area contributed by atoms with Gasteiger partial charge in [-0.25, -0.2) is 0 Å². The third kappa shape index (κ3) is 1.90. The number of hydrogen-bond donors (Lipinski definition) is 0. The SMILES string of the molecule is CCN(CC)C(=O)c1cc2c(C)cccc2n1C. The van der Waals surface area contributed by atoms with Crippen molar-refractivity contribution in [3.05, 3.63) is 35.5 Å². The summed E-state index contributed by atoms with van der Waals surface area (Å²) < 4.78 is 1.99. The van der Waals surface area contributed by atoms with Gasteiger partial charge in [-0.3, -0.25) is 4.79 Å². The number of rotatable bonds is 3. The topological polar surface area (TPSA) is 25.2 Å². The summed E-state index contributed by atoms with van der Waals surface area (Å²) in [5.41, 5.74) is 3.09. The Morgan fingerprint density at radius 2 is 1.94 bits per heavy atom. The van der Waals surface area contributed by atoms with E-state index in [1.807, 2.05) is 42.5 Å². The van der Waals surface area contributed by atoms with E-state index in [-0.39, 0.29) is 5.91 Å². The Kier molecular flexibility index (Phi) is 3.41. The molecular formula is C15H20N2O. The van der Waals surface area contributed by atoms with E-state index >= 15 is 0 Å². The third-order valence-electron chi connectivity index (χ3n) is 3.57. The molecule has 2 rings (SSSR count). The van der Waals surface area contributed by atoms with Crippen molar-refractivity contribution in [2.45, 2.75) is 20.8 Å². The van der Waals surface area contributed by atoms with Crippen LogP contribution in [-0.2, 0) is 7.05 Å². The fourth-order valence-electron chi connectivity index (χ4n) is 2.39. The summed E-state index contributed by atoms with van der Waals surface area (Å²) in [5.74, 6) is 0.109. The molecule has 3 heteroatoms. The molecule has 0 bridgehead atoms. The van der Waals surface area contributed by atoms with E-state index in [1.54, 1.807) is 0 Å². The Labute approximate surface area is 108 Å². The van der Waals surface area contributed by atoms with Crippen molar-refractivity contribution in [2.24, 2.45) is 7.05 Å². The van der Waals surface area contributed by atoms with Crippen LogP contribution in [-0.4, -0.2) is 28.5 Å². The number of nitrogens with zero attached hydrogens (tertiary/aromatic N) is 2. The molecule has 0 aliphatic carbocycles. The molecule has 0 fully saturated rings. The number of fused-ring (bicyclic) bond motifs is 1. The summed E-state index contributed by atoms with van der Waals surface area (Å²) in [6, 6.07) is 8.17. The number of aryl methyl sites for hydroxylation is 2. The Morgan fingerprint density at radius 1 is 1.28 bits per heavy atom. The summed E-state index contributed by atoms with van der Waals surface area (Å²) >= 11 is 0.